The predicted molar refractivity (Wildman–Crippen MR) is 83.5 cm³/mol. The Balaban J connectivity index is 1.68. The van der Waals surface area contributed by atoms with Gasteiger partial charge in [0.05, 0.1) is 0 Å². The van der Waals surface area contributed by atoms with Crippen LogP contribution in [0.15, 0.2) is 11.6 Å². The summed E-state index contributed by atoms with van der Waals surface area (Å²) < 4.78 is 0. The number of piperidine rings is 1. The number of hydrogen-bond donors (Lipinski definition) is 1. The summed E-state index contributed by atoms with van der Waals surface area (Å²) in [6, 6.07) is 0. The van der Waals surface area contributed by atoms with Crippen molar-refractivity contribution in [2.24, 2.45) is 17.8 Å². The summed E-state index contributed by atoms with van der Waals surface area (Å²) in [5.74, 6) is 2.51. The Morgan fingerprint density at radius 3 is 2.60 bits per heavy atom. The van der Waals surface area contributed by atoms with Gasteiger partial charge < -0.3 is 10.2 Å². The van der Waals surface area contributed by atoms with Crippen molar-refractivity contribution >= 4 is 5.91 Å². The highest BCUT2D eigenvalue weighted by Gasteiger charge is 2.23. The van der Waals surface area contributed by atoms with E-state index in [9.17, 15) is 4.79 Å². The Hall–Kier alpha value is -0.830. The number of rotatable bonds is 4. The molecule has 0 spiro atoms. The van der Waals surface area contributed by atoms with E-state index in [2.05, 4.69) is 25.2 Å². The van der Waals surface area contributed by atoms with Gasteiger partial charge in [0, 0.05) is 26.6 Å². The van der Waals surface area contributed by atoms with Crippen LogP contribution in [0.4, 0.5) is 0 Å². The van der Waals surface area contributed by atoms with Gasteiger partial charge in [0.2, 0.25) is 5.91 Å². The summed E-state index contributed by atoms with van der Waals surface area (Å²) in [5.41, 5.74) is 1.57. The van der Waals surface area contributed by atoms with Crippen LogP contribution < -0.4 is 5.32 Å². The van der Waals surface area contributed by atoms with Crippen molar-refractivity contribution in [2.75, 3.05) is 26.2 Å². The molecule has 1 aliphatic carbocycles. The second-order valence-electron chi connectivity index (χ2n) is 6.72. The first-order valence-corrected chi connectivity index (χ1v) is 8.20. The van der Waals surface area contributed by atoms with E-state index in [0.29, 0.717) is 0 Å². The molecule has 1 heterocycles. The molecular weight excluding hydrogens is 248 g/mol. The van der Waals surface area contributed by atoms with E-state index in [4.69, 9.17) is 0 Å². The zero-order chi connectivity index (χ0) is 14.5. The highest BCUT2D eigenvalue weighted by Crippen LogP contribution is 2.29. The molecule has 3 heteroatoms. The maximum Gasteiger partial charge on any atom is 0.219 e. The highest BCUT2D eigenvalue weighted by atomic mass is 16.2. The zero-order valence-electron chi connectivity index (χ0n) is 13.3. The molecule has 0 aromatic carbocycles. The number of nitrogens with zero attached hydrogens (tertiary/aromatic N) is 1. The van der Waals surface area contributed by atoms with Crippen molar-refractivity contribution in [3.8, 4) is 0 Å². The SMILES string of the molecule is CC(=O)N1CCC(CNC[C@H]2C(C)=CCC[C@H]2C)CC1. The van der Waals surface area contributed by atoms with E-state index < -0.39 is 0 Å². The van der Waals surface area contributed by atoms with Gasteiger partial charge in [0.25, 0.3) is 0 Å². The third-order valence-electron chi connectivity index (χ3n) is 5.22. The molecule has 3 nitrogen and oxygen atoms in total. The molecule has 1 saturated heterocycles. The fraction of sp³-hybridized carbons (Fsp3) is 0.824. The van der Waals surface area contributed by atoms with Crippen LogP contribution in [0.2, 0.25) is 0 Å². The number of hydrogen-bond acceptors (Lipinski definition) is 2. The van der Waals surface area contributed by atoms with Crippen molar-refractivity contribution in [1.82, 2.24) is 10.2 Å². The molecule has 2 atom stereocenters. The standard InChI is InChI=1S/C17H30N2O/c1-13-5-4-6-14(2)17(13)12-18-11-16-7-9-19(10-8-16)15(3)20/h5,14,16-18H,4,6-12H2,1-3H3/t14-,17+/m1/s1. The zero-order valence-corrected chi connectivity index (χ0v) is 13.3. The third-order valence-corrected chi connectivity index (χ3v) is 5.22. The average Bonchev–Trinajstić information content (AvgIpc) is 2.42. The molecule has 20 heavy (non-hydrogen) atoms. The Labute approximate surface area is 123 Å². The Morgan fingerprint density at radius 2 is 2.00 bits per heavy atom. The van der Waals surface area contributed by atoms with E-state index in [1.165, 1.54) is 12.8 Å². The normalized spacial score (nSPS) is 28.4. The molecule has 0 aromatic rings. The second-order valence-corrected chi connectivity index (χ2v) is 6.72. The van der Waals surface area contributed by atoms with Crippen LogP contribution in [0.1, 0.15) is 46.5 Å². The van der Waals surface area contributed by atoms with Crippen LogP contribution >= 0.6 is 0 Å². The summed E-state index contributed by atoms with van der Waals surface area (Å²) in [7, 11) is 0. The van der Waals surface area contributed by atoms with Gasteiger partial charge in [-0.3, -0.25) is 4.79 Å². The first-order valence-electron chi connectivity index (χ1n) is 8.20. The average molecular weight is 278 g/mol. The van der Waals surface area contributed by atoms with Crippen LogP contribution in [0.5, 0.6) is 0 Å². The van der Waals surface area contributed by atoms with Crippen molar-refractivity contribution < 1.29 is 4.79 Å². The number of nitrogens with one attached hydrogen (secondary N) is 1. The molecule has 114 valence electrons. The van der Waals surface area contributed by atoms with Crippen LogP contribution in [0, 0.1) is 17.8 Å². The second kappa shape index (κ2) is 7.26. The summed E-state index contributed by atoms with van der Waals surface area (Å²) in [6.45, 7) is 10.5. The van der Waals surface area contributed by atoms with Gasteiger partial charge in [-0.1, -0.05) is 18.6 Å². The van der Waals surface area contributed by atoms with E-state index in [0.717, 1.165) is 56.8 Å². The molecule has 0 radical (unpaired) electrons. The van der Waals surface area contributed by atoms with E-state index >= 15 is 0 Å². The van der Waals surface area contributed by atoms with Crippen molar-refractivity contribution in [3.05, 3.63) is 11.6 Å². The van der Waals surface area contributed by atoms with Crippen LogP contribution in [0.3, 0.4) is 0 Å². The van der Waals surface area contributed by atoms with Gasteiger partial charge in [0.15, 0.2) is 0 Å². The summed E-state index contributed by atoms with van der Waals surface area (Å²) in [5, 5.41) is 3.69. The molecule has 0 unspecified atom stereocenters. The first kappa shape index (κ1) is 15.6. The van der Waals surface area contributed by atoms with Crippen LogP contribution in [-0.2, 0) is 4.79 Å². The quantitative estimate of drug-likeness (QED) is 0.802. The molecule has 1 amide bonds. The van der Waals surface area contributed by atoms with Crippen molar-refractivity contribution in [1.29, 1.82) is 0 Å². The molecule has 2 aliphatic rings. The Bertz CT molecular complexity index is 356. The first-order chi connectivity index (χ1) is 9.58. The van der Waals surface area contributed by atoms with Gasteiger partial charge in [-0.15, -0.1) is 0 Å². The number of carbonyl (C=O) groups is 1. The summed E-state index contributed by atoms with van der Waals surface area (Å²) in [4.78, 5) is 13.3. The minimum atomic E-state index is 0.230. The number of amides is 1. The van der Waals surface area contributed by atoms with Crippen LogP contribution in [0.25, 0.3) is 0 Å². The number of likely N-dealkylation sites (tertiary alicyclic amines) is 1. The number of allylic oxidation sites excluding steroid dienone is 1. The predicted octanol–water partition coefficient (Wildman–Crippen LogP) is 2.83. The molecule has 0 bridgehead atoms. The van der Waals surface area contributed by atoms with Gasteiger partial charge in [0.1, 0.15) is 0 Å². The maximum absolute atomic E-state index is 11.3. The monoisotopic (exact) mass is 278 g/mol. The lowest BCUT2D eigenvalue weighted by Crippen LogP contribution is -2.40. The molecule has 1 aliphatic heterocycles. The molecular formula is C17H30N2O. The number of carbonyl (C=O) groups excluding carboxylic acids is 1. The summed E-state index contributed by atoms with van der Waals surface area (Å²) in [6.07, 6.45) is 7.31. The lowest BCUT2D eigenvalue weighted by atomic mass is 9.80. The minimum Gasteiger partial charge on any atom is -0.343 e. The maximum atomic E-state index is 11.3. The van der Waals surface area contributed by atoms with Gasteiger partial charge in [-0.2, -0.15) is 0 Å². The van der Waals surface area contributed by atoms with E-state index in [-0.39, 0.29) is 5.91 Å². The topological polar surface area (TPSA) is 32.3 Å². The lowest BCUT2D eigenvalue weighted by Gasteiger charge is -2.33. The minimum absolute atomic E-state index is 0.230. The fourth-order valence-corrected chi connectivity index (χ4v) is 3.63. The fourth-order valence-electron chi connectivity index (χ4n) is 3.63. The van der Waals surface area contributed by atoms with Crippen molar-refractivity contribution in [2.45, 2.75) is 46.5 Å². The molecule has 1 fully saturated rings. The van der Waals surface area contributed by atoms with Crippen LogP contribution in [-0.4, -0.2) is 37.0 Å². The Morgan fingerprint density at radius 1 is 1.30 bits per heavy atom. The molecule has 2 rings (SSSR count). The molecule has 0 saturated carbocycles. The lowest BCUT2D eigenvalue weighted by molar-refractivity contribution is -0.130. The third kappa shape index (κ3) is 4.08. The largest absolute Gasteiger partial charge is 0.343 e. The van der Waals surface area contributed by atoms with Crippen molar-refractivity contribution in [3.63, 3.8) is 0 Å². The van der Waals surface area contributed by atoms with Gasteiger partial charge in [-0.05, 0) is 56.9 Å². The molecule has 0 aromatic heterocycles. The van der Waals surface area contributed by atoms with E-state index in [1.54, 1.807) is 12.5 Å². The Kier molecular flexibility index (Phi) is 5.64. The molecule has 1 N–H and O–H groups in total. The smallest absolute Gasteiger partial charge is 0.219 e. The highest BCUT2D eigenvalue weighted by molar-refractivity contribution is 5.73. The van der Waals surface area contributed by atoms with Gasteiger partial charge in [-0.25, -0.2) is 0 Å². The van der Waals surface area contributed by atoms with E-state index in [1.807, 2.05) is 4.90 Å². The van der Waals surface area contributed by atoms with Gasteiger partial charge >= 0.3 is 0 Å². The summed E-state index contributed by atoms with van der Waals surface area (Å²) >= 11 is 0.